The van der Waals surface area contributed by atoms with E-state index < -0.39 is 38.7 Å². The largest absolute Gasteiger partial charge is 0.417 e. The lowest BCUT2D eigenvalue weighted by molar-refractivity contribution is -0.137. The van der Waals surface area contributed by atoms with Crippen molar-refractivity contribution in [1.29, 1.82) is 0 Å². The second-order valence-electron chi connectivity index (χ2n) is 6.50. The van der Waals surface area contributed by atoms with Gasteiger partial charge in [-0.2, -0.15) is 13.2 Å². The number of nitrogens with one attached hydrogen (secondary N) is 1. The van der Waals surface area contributed by atoms with E-state index in [1.165, 1.54) is 6.07 Å². The minimum Gasteiger partial charge on any atom is -0.324 e. The summed E-state index contributed by atoms with van der Waals surface area (Å²) in [6, 6.07) is 8.39. The highest BCUT2D eigenvalue weighted by molar-refractivity contribution is 7.92. The first kappa shape index (κ1) is 23.0. The van der Waals surface area contributed by atoms with Gasteiger partial charge in [0, 0.05) is 5.69 Å². The Morgan fingerprint density at radius 3 is 2.38 bits per heavy atom. The zero-order chi connectivity index (χ0) is 22.0. The van der Waals surface area contributed by atoms with E-state index >= 15 is 0 Å². The van der Waals surface area contributed by atoms with Crippen molar-refractivity contribution in [3.63, 3.8) is 0 Å². The maximum absolute atomic E-state index is 13.0. The molecule has 0 bridgehead atoms. The molecule has 0 fully saturated rings. The predicted molar refractivity (Wildman–Crippen MR) is 108 cm³/mol. The molecule has 1 amide bonds. The summed E-state index contributed by atoms with van der Waals surface area (Å²) >= 11 is 5.59. The molecular formula is C19H20ClF3N2O3S. The third-order valence-corrected chi connectivity index (χ3v) is 5.63. The van der Waals surface area contributed by atoms with Gasteiger partial charge in [0.1, 0.15) is 6.04 Å². The van der Waals surface area contributed by atoms with Crippen LogP contribution in [0.15, 0.2) is 42.5 Å². The SMILES string of the molecule is CC[C@@H](C(=O)Nc1ccc(Cl)c(C(F)(F)F)c1)N(c1cccc(C)c1)S(C)(=O)=O. The van der Waals surface area contributed by atoms with E-state index in [2.05, 4.69) is 5.32 Å². The van der Waals surface area contributed by atoms with Crippen LogP contribution in [-0.4, -0.2) is 26.6 Å². The smallest absolute Gasteiger partial charge is 0.324 e. The highest BCUT2D eigenvalue weighted by atomic mass is 35.5. The second kappa shape index (κ2) is 8.62. The third kappa shape index (κ3) is 5.63. The van der Waals surface area contributed by atoms with Gasteiger partial charge in [-0.05, 0) is 49.2 Å². The molecule has 29 heavy (non-hydrogen) atoms. The number of carbonyl (C=O) groups excluding carboxylic acids is 1. The van der Waals surface area contributed by atoms with Crippen molar-refractivity contribution in [2.75, 3.05) is 15.9 Å². The molecule has 5 nitrogen and oxygen atoms in total. The molecule has 2 rings (SSSR count). The van der Waals surface area contributed by atoms with Gasteiger partial charge in [0.2, 0.25) is 15.9 Å². The van der Waals surface area contributed by atoms with Gasteiger partial charge in [-0.25, -0.2) is 8.42 Å². The zero-order valence-electron chi connectivity index (χ0n) is 15.9. The van der Waals surface area contributed by atoms with Crippen molar-refractivity contribution in [1.82, 2.24) is 0 Å². The zero-order valence-corrected chi connectivity index (χ0v) is 17.5. The Hall–Kier alpha value is -2.26. The maximum Gasteiger partial charge on any atom is 0.417 e. The van der Waals surface area contributed by atoms with Gasteiger partial charge in [0.05, 0.1) is 22.5 Å². The number of hydrogen-bond donors (Lipinski definition) is 1. The Kier molecular flexibility index (Phi) is 6.85. The number of benzene rings is 2. The first-order chi connectivity index (χ1) is 13.3. The third-order valence-electron chi connectivity index (χ3n) is 4.13. The van der Waals surface area contributed by atoms with E-state index in [0.29, 0.717) is 11.8 Å². The molecule has 2 aromatic carbocycles. The Morgan fingerprint density at radius 2 is 1.86 bits per heavy atom. The fourth-order valence-electron chi connectivity index (χ4n) is 2.87. The Morgan fingerprint density at radius 1 is 1.21 bits per heavy atom. The number of carbonyl (C=O) groups is 1. The molecule has 2 aromatic rings. The number of sulfonamides is 1. The van der Waals surface area contributed by atoms with Gasteiger partial charge in [-0.1, -0.05) is 30.7 Å². The molecule has 0 aromatic heterocycles. The van der Waals surface area contributed by atoms with Crippen LogP contribution in [0, 0.1) is 6.92 Å². The highest BCUT2D eigenvalue weighted by Gasteiger charge is 2.35. The maximum atomic E-state index is 13.0. The quantitative estimate of drug-likeness (QED) is 0.687. The summed E-state index contributed by atoms with van der Waals surface area (Å²) in [6.45, 7) is 3.39. The van der Waals surface area contributed by atoms with E-state index in [0.717, 1.165) is 22.2 Å². The number of anilines is 2. The monoisotopic (exact) mass is 448 g/mol. The van der Waals surface area contributed by atoms with Crippen LogP contribution in [-0.2, 0) is 21.0 Å². The van der Waals surface area contributed by atoms with Crippen LogP contribution < -0.4 is 9.62 Å². The normalized spacial score (nSPS) is 13.1. The lowest BCUT2D eigenvalue weighted by atomic mass is 10.1. The van der Waals surface area contributed by atoms with Crippen LogP contribution in [0.1, 0.15) is 24.5 Å². The minimum atomic E-state index is -4.69. The molecule has 1 atom stereocenters. The van der Waals surface area contributed by atoms with E-state index in [4.69, 9.17) is 11.6 Å². The molecule has 0 radical (unpaired) electrons. The summed E-state index contributed by atoms with van der Waals surface area (Å²) in [5, 5.41) is 1.87. The Labute approximate surface area is 172 Å². The molecule has 0 heterocycles. The molecule has 0 aliphatic heterocycles. The summed E-state index contributed by atoms with van der Waals surface area (Å²) in [6.07, 6.45) is -3.62. The van der Waals surface area contributed by atoms with E-state index in [1.807, 2.05) is 0 Å². The second-order valence-corrected chi connectivity index (χ2v) is 8.77. The lowest BCUT2D eigenvalue weighted by Crippen LogP contribution is -2.47. The number of alkyl halides is 3. The summed E-state index contributed by atoms with van der Waals surface area (Å²) < 4.78 is 64.9. The van der Waals surface area contributed by atoms with Crippen LogP contribution in [0.2, 0.25) is 5.02 Å². The number of amides is 1. The van der Waals surface area contributed by atoms with Crippen LogP contribution >= 0.6 is 11.6 Å². The number of rotatable bonds is 6. The molecular weight excluding hydrogens is 429 g/mol. The van der Waals surface area contributed by atoms with Crippen molar-refractivity contribution in [2.24, 2.45) is 0 Å². The molecule has 1 N–H and O–H groups in total. The number of aryl methyl sites for hydroxylation is 1. The molecule has 0 saturated carbocycles. The average Bonchev–Trinajstić information content (AvgIpc) is 2.58. The standard InChI is InChI=1S/C19H20ClF3N2O3S/c1-4-17(25(29(3,27)28)14-7-5-6-12(2)10-14)18(26)24-13-8-9-16(20)15(11-13)19(21,22)23/h5-11,17H,4H2,1-3H3,(H,24,26)/t17-/m0/s1. The van der Waals surface area contributed by atoms with Crippen molar-refractivity contribution in [2.45, 2.75) is 32.5 Å². The van der Waals surface area contributed by atoms with Gasteiger partial charge < -0.3 is 5.32 Å². The molecule has 0 spiro atoms. The Bertz CT molecular complexity index is 1010. The van der Waals surface area contributed by atoms with E-state index in [1.54, 1.807) is 38.1 Å². The van der Waals surface area contributed by atoms with Crippen molar-refractivity contribution >= 4 is 38.9 Å². The first-order valence-corrected chi connectivity index (χ1v) is 10.8. The average molecular weight is 449 g/mol. The van der Waals surface area contributed by atoms with Gasteiger partial charge in [0.25, 0.3) is 0 Å². The summed E-state index contributed by atoms with van der Waals surface area (Å²) in [4.78, 5) is 12.8. The number of hydrogen-bond acceptors (Lipinski definition) is 3. The summed E-state index contributed by atoms with van der Waals surface area (Å²) in [7, 11) is -3.85. The Balaban J connectivity index is 2.41. The molecule has 0 aliphatic carbocycles. The first-order valence-electron chi connectivity index (χ1n) is 8.58. The molecule has 0 saturated heterocycles. The van der Waals surface area contributed by atoms with E-state index in [9.17, 15) is 26.4 Å². The van der Waals surface area contributed by atoms with Gasteiger partial charge in [0.15, 0.2) is 0 Å². The topological polar surface area (TPSA) is 66.5 Å². The summed E-state index contributed by atoms with van der Waals surface area (Å²) in [5.74, 6) is -0.755. The predicted octanol–water partition coefficient (Wildman–Crippen LogP) is 4.85. The minimum absolute atomic E-state index is 0.104. The molecule has 0 unspecified atom stereocenters. The van der Waals surface area contributed by atoms with Crippen LogP contribution in [0.3, 0.4) is 0 Å². The van der Waals surface area contributed by atoms with Gasteiger partial charge in [-0.3, -0.25) is 9.10 Å². The fourth-order valence-corrected chi connectivity index (χ4v) is 4.30. The van der Waals surface area contributed by atoms with Crippen LogP contribution in [0.5, 0.6) is 0 Å². The van der Waals surface area contributed by atoms with Crippen molar-refractivity contribution in [3.8, 4) is 0 Å². The van der Waals surface area contributed by atoms with Gasteiger partial charge in [-0.15, -0.1) is 0 Å². The molecule has 10 heteroatoms. The number of halogens is 4. The molecule has 158 valence electrons. The molecule has 0 aliphatic rings. The highest BCUT2D eigenvalue weighted by Crippen LogP contribution is 2.36. The lowest BCUT2D eigenvalue weighted by Gasteiger charge is -2.30. The van der Waals surface area contributed by atoms with E-state index in [-0.39, 0.29) is 12.1 Å². The van der Waals surface area contributed by atoms with Crippen LogP contribution in [0.4, 0.5) is 24.5 Å². The van der Waals surface area contributed by atoms with Gasteiger partial charge >= 0.3 is 6.18 Å². The number of nitrogens with zero attached hydrogens (tertiary/aromatic N) is 1. The van der Waals surface area contributed by atoms with Crippen LogP contribution in [0.25, 0.3) is 0 Å². The van der Waals surface area contributed by atoms with Crippen molar-refractivity contribution in [3.05, 3.63) is 58.6 Å². The van der Waals surface area contributed by atoms with Crippen molar-refractivity contribution < 1.29 is 26.4 Å². The summed E-state index contributed by atoms with van der Waals surface area (Å²) in [5.41, 5.74) is -0.146. The fraction of sp³-hybridized carbons (Fsp3) is 0.316.